The lowest BCUT2D eigenvalue weighted by atomic mass is 10.6. The molecule has 0 atom stereocenters. The summed E-state index contributed by atoms with van der Waals surface area (Å²) < 4.78 is 1.93. The van der Waals surface area contributed by atoms with Gasteiger partial charge in [0.25, 0.3) is 0 Å². The van der Waals surface area contributed by atoms with E-state index >= 15 is 0 Å². The van der Waals surface area contributed by atoms with E-state index in [1.807, 2.05) is 4.72 Å². The fraction of sp³-hybridized carbons (Fsp3) is 0.200. The normalized spacial score (nSPS) is 12.1. The summed E-state index contributed by atoms with van der Waals surface area (Å²) in [6.45, 7) is 0. The minimum Gasteiger partial charge on any atom is -0.529 e. The van der Waals surface area contributed by atoms with Gasteiger partial charge in [0.15, 0.2) is 0 Å². The molecule has 1 N–H and O–H groups in total. The maximum Gasteiger partial charge on any atom is 0.467 e. The Balaban J connectivity index is 0.000000128. The second-order valence-electron chi connectivity index (χ2n) is 3.03. The predicted octanol–water partition coefficient (Wildman–Crippen LogP) is 0.848. The van der Waals surface area contributed by atoms with Crippen LogP contribution in [0.15, 0.2) is 24.3 Å². The SMILES string of the molecule is CN1OC1=O.CSNC(=O)[O-].c1cc2cc-2c1. The number of hydrogen-bond acceptors (Lipinski definition) is 5. The lowest BCUT2D eigenvalue weighted by Crippen LogP contribution is -2.31. The van der Waals surface area contributed by atoms with Crippen molar-refractivity contribution in [3.8, 4) is 11.1 Å². The average Bonchev–Trinajstić information content (AvgIpc) is 3.10. The number of carboxylic acid groups (broad SMARTS) is 1. The van der Waals surface area contributed by atoms with Gasteiger partial charge in [0.05, 0.1) is 7.05 Å². The minimum atomic E-state index is -1.25. The van der Waals surface area contributed by atoms with Gasteiger partial charge >= 0.3 is 6.09 Å². The fourth-order valence-corrected chi connectivity index (χ4v) is 1.02. The molecule has 0 aromatic heterocycles. The first-order valence-electron chi connectivity index (χ1n) is 4.60. The molecule has 0 radical (unpaired) electrons. The molecule has 7 heteroatoms. The number of hydroxylamine groups is 2. The van der Waals surface area contributed by atoms with Gasteiger partial charge in [-0.15, -0.1) is 5.06 Å². The highest BCUT2D eigenvalue weighted by molar-refractivity contribution is 7.97. The standard InChI is InChI=1S/C6H4.C2H5NO2S.C2H3NO2/c1-2-5-4-6(5)3-1;1-6-3-2(4)5;1-3-2(4)5-3/h1-4H;3H,1H3,(H,4,5);1H3/p-1. The Labute approximate surface area is 103 Å². The molecular formula is C10H11N2O4S-. The summed E-state index contributed by atoms with van der Waals surface area (Å²) in [5.41, 5.74) is 2.85. The Bertz CT molecular complexity index is 407. The van der Waals surface area contributed by atoms with Crippen LogP contribution in [-0.2, 0) is 4.84 Å². The highest BCUT2D eigenvalue weighted by atomic mass is 32.2. The van der Waals surface area contributed by atoms with Gasteiger partial charge in [0, 0.05) is 6.26 Å². The Morgan fingerprint density at radius 2 is 1.94 bits per heavy atom. The number of carbonyl (C=O) groups is 2. The maximum absolute atomic E-state index is 9.59. The molecule has 1 heterocycles. The van der Waals surface area contributed by atoms with Crippen LogP contribution in [0.3, 0.4) is 0 Å². The zero-order chi connectivity index (χ0) is 12.8. The molecule has 3 rings (SSSR count). The first-order valence-corrected chi connectivity index (χ1v) is 5.83. The topological polar surface area (TPSA) is 84.8 Å². The van der Waals surface area contributed by atoms with Crippen molar-refractivity contribution in [1.29, 1.82) is 0 Å². The average molecular weight is 255 g/mol. The summed E-state index contributed by atoms with van der Waals surface area (Å²) in [4.78, 5) is 23.1. The fourth-order valence-electron chi connectivity index (χ4n) is 0.856. The summed E-state index contributed by atoms with van der Waals surface area (Å²) in [6.07, 6.45) is 0.114. The monoisotopic (exact) mass is 255 g/mol. The Morgan fingerprint density at radius 3 is 2.00 bits per heavy atom. The van der Waals surface area contributed by atoms with Crippen molar-refractivity contribution in [2.45, 2.75) is 0 Å². The van der Waals surface area contributed by atoms with Crippen molar-refractivity contribution >= 4 is 24.1 Å². The molecule has 2 amide bonds. The van der Waals surface area contributed by atoms with Crippen LogP contribution in [0.4, 0.5) is 9.59 Å². The van der Waals surface area contributed by atoms with Gasteiger partial charge in [-0.25, -0.2) is 4.79 Å². The number of rotatable bonds is 1. The van der Waals surface area contributed by atoms with Gasteiger partial charge in [-0.2, -0.15) is 0 Å². The van der Waals surface area contributed by atoms with Gasteiger partial charge in [-0.3, -0.25) is 0 Å². The third-order valence-electron chi connectivity index (χ3n) is 1.74. The summed E-state index contributed by atoms with van der Waals surface area (Å²) >= 11 is 0.998. The zero-order valence-corrected chi connectivity index (χ0v) is 10.1. The number of fused-ring (bicyclic) bond motifs is 1. The molecule has 1 aliphatic heterocycles. The lowest BCUT2D eigenvalue weighted by Gasteiger charge is -1.97. The predicted molar refractivity (Wildman–Crippen MR) is 61.7 cm³/mol. The van der Waals surface area contributed by atoms with Gasteiger partial charge in [-0.05, 0) is 17.2 Å². The second kappa shape index (κ2) is 6.00. The molecule has 0 aromatic rings. The highest BCUT2D eigenvalue weighted by Crippen LogP contribution is 2.32. The van der Waals surface area contributed by atoms with E-state index in [1.165, 1.54) is 11.1 Å². The molecule has 0 unspecified atom stereocenters. The van der Waals surface area contributed by atoms with E-state index in [1.54, 1.807) is 13.3 Å². The van der Waals surface area contributed by atoms with E-state index < -0.39 is 6.09 Å². The summed E-state index contributed by atoms with van der Waals surface area (Å²) in [7, 11) is 1.56. The number of amides is 2. The first-order chi connectivity index (χ1) is 8.04. The number of carbonyl (C=O) groups excluding carboxylic acids is 2. The molecule has 92 valence electrons. The van der Waals surface area contributed by atoms with Crippen LogP contribution in [-0.4, -0.2) is 30.6 Å². The van der Waals surface area contributed by atoms with Crippen LogP contribution in [0.1, 0.15) is 0 Å². The Kier molecular flexibility index (Phi) is 4.65. The third kappa shape index (κ3) is 5.67. The minimum absolute atomic E-state index is 0.245. The summed E-state index contributed by atoms with van der Waals surface area (Å²) in [5.74, 6) is 0. The molecular weight excluding hydrogens is 244 g/mol. The molecule has 1 fully saturated rings. The lowest BCUT2D eigenvalue weighted by molar-refractivity contribution is -0.247. The summed E-state index contributed by atoms with van der Waals surface area (Å²) in [5, 5.41) is 10.5. The van der Waals surface area contributed by atoms with Crippen LogP contribution in [0.2, 0.25) is 0 Å². The second-order valence-corrected chi connectivity index (χ2v) is 3.64. The smallest absolute Gasteiger partial charge is 0.467 e. The van der Waals surface area contributed by atoms with Crippen molar-refractivity contribution in [3.05, 3.63) is 24.3 Å². The van der Waals surface area contributed by atoms with E-state index in [2.05, 4.69) is 29.1 Å². The molecule has 6 nitrogen and oxygen atoms in total. The molecule has 1 saturated heterocycles. The van der Waals surface area contributed by atoms with Crippen molar-refractivity contribution in [1.82, 2.24) is 9.79 Å². The summed E-state index contributed by atoms with van der Waals surface area (Å²) in [6, 6.07) is 8.48. The molecule has 17 heavy (non-hydrogen) atoms. The molecule has 0 aromatic carbocycles. The maximum atomic E-state index is 9.59. The molecule has 0 spiro atoms. The van der Waals surface area contributed by atoms with Crippen molar-refractivity contribution < 1.29 is 19.5 Å². The van der Waals surface area contributed by atoms with E-state index in [-0.39, 0.29) is 6.09 Å². The van der Waals surface area contributed by atoms with Crippen LogP contribution in [0.5, 0.6) is 0 Å². The molecule has 0 bridgehead atoms. The van der Waals surface area contributed by atoms with Crippen LogP contribution < -0.4 is 9.83 Å². The Morgan fingerprint density at radius 1 is 1.47 bits per heavy atom. The van der Waals surface area contributed by atoms with Gasteiger partial charge in [0.2, 0.25) is 0 Å². The molecule has 3 aliphatic rings. The Hall–Kier alpha value is -1.89. The first kappa shape index (κ1) is 13.2. The van der Waals surface area contributed by atoms with Gasteiger partial charge in [0.1, 0.15) is 6.09 Å². The largest absolute Gasteiger partial charge is 0.529 e. The zero-order valence-electron chi connectivity index (χ0n) is 9.30. The van der Waals surface area contributed by atoms with Crippen molar-refractivity contribution in [2.75, 3.05) is 13.3 Å². The quantitative estimate of drug-likeness (QED) is 0.603. The van der Waals surface area contributed by atoms with Gasteiger partial charge < -0.3 is 19.5 Å². The van der Waals surface area contributed by atoms with Crippen molar-refractivity contribution in [2.24, 2.45) is 0 Å². The molecule has 0 saturated carbocycles. The van der Waals surface area contributed by atoms with Gasteiger partial charge in [-0.1, -0.05) is 30.1 Å². The number of benzene rings is 1. The van der Waals surface area contributed by atoms with Crippen molar-refractivity contribution in [3.63, 3.8) is 0 Å². The van der Waals surface area contributed by atoms with Crippen LogP contribution in [0, 0.1) is 0 Å². The van der Waals surface area contributed by atoms with E-state index in [9.17, 15) is 14.7 Å². The van der Waals surface area contributed by atoms with Crippen LogP contribution in [0.25, 0.3) is 11.1 Å². The van der Waals surface area contributed by atoms with Crippen LogP contribution >= 0.6 is 11.9 Å². The number of hydrogen-bond donors (Lipinski definition) is 1. The van der Waals surface area contributed by atoms with E-state index in [4.69, 9.17) is 0 Å². The van der Waals surface area contributed by atoms with E-state index in [0.29, 0.717) is 0 Å². The van der Waals surface area contributed by atoms with E-state index in [0.717, 1.165) is 17.0 Å². The highest BCUT2D eigenvalue weighted by Gasteiger charge is 2.28. The number of nitrogens with zero attached hydrogens (tertiary/aromatic N) is 1. The molecule has 2 aliphatic carbocycles. The number of nitrogens with one attached hydrogen (secondary N) is 1. The third-order valence-corrected chi connectivity index (χ3v) is 2.11.